The Labute approximate surface area is 233 Å². The average Bonchev–Trinajstić information content (AvgIpc) is 3.66. The van der Waals surface area contributed by atoms with Crippen molar-refractivity contribution in [2.24, 2.45) is 0 Å². The number of carbonyl (C=O) groups excluding carboxylic acids is 1. The quantitative estimate of drug-likeness (QED) is 0.322. The monoisotopic (exact) mass is 599 g/mol. The molecule has 0 saturated heterocycles. The summed E-state index contributed by atoms with van der Waals surface area (Å²) in [7, 11) is 0. The molecule has 1 amide bonds. The van der Waals surface area contributed by atoms with E-state index in [9.17, 15) is 31.1 Å². The third-order valence-electron chi connectivity index (χ3n) is 7.02. The standard InChI is InChI=1S/C26H23F6N5OS2/c27-25(28,29)12-37-5-6-39-20-9-19(40-22(20)23(37)38)21-17(26(30,31)32)11-34-24(36-21)35-18-8-15-10-33-4-3-14(15)7-16(18)13-1-2-13/h7-9,11,13,33H,1-6,10,12H2,(H,34,35,36). The number of anilines is 2. The number of nitrogens with one attached hydrogen (secondary N) is 2. The molecule has 0 spiro atoms. The third-order valence-corrected chi connectivity index (χ3v) is 9.30. The fraction of sp³-hybridized carbons (Fsp3) is 0.423. The first-order chi connectivity index (χ1) is 19.0. The molecule has 1 saturated carbocycles. The number of nitrogens with zero attached hydrogens (tertiary/aromatic N) is 3. The van der Waals surface area contributed by atoms with Gasteiger partial charge >= 0.3 is 12.4 Å². The van der Waals surface area contributed by atoms with E-state index in [1.165, 1.54) is 11.6 Å². The van der Waals surface area contributed by atoms with Crippen molar-refractivity contribution in [3.8, 4) is 10.6 Å². The molecule has 0 bridgehead atoms. The molecule has 2 aliphatic heterocycles. The van der Waals surface area contributed by atoms with Crippen LogP contribution in [0.3, 0.4) is 0 Å². The number of rotatable bonds is 5. The molecule has 6 nitrogen and oxygen atoms in total. The Morgan fingerprint density at radius 2 is 1.90 bits per heavy atom. The number of hydrogen-bond donors (Lipinski definition) is 2. The predicted octanol–water partition coefficient (Wildman–Crippen LogP) is 6.60. The number of alkyl halides is 6. The van der Waals surface area contributed by atoms with E-state index in [1.54, 1.807) is 0 Å². The van der Waals surface area contributed by atoms with Crippen LogP contribution in [0.25, 0.3) is 10.6 Å². The normalized spacial score (nSPS) is 17.9. The average molecular weight is 600 g/mol. The van der Waals surface area contributed by atoms with Crippen molar-refractivity contribution < 1.29 is 31.1 Å². The first-order valence-electron chi connectivity index (χ1n) is 12.7. The fourth-order valence-corrected chi connectivity index (χ4v) is 7.33. The summed E-state index contributed by atoms with van der Waals surface area (Å²) in [6.07, 6.45) is -5.71. The van der Waals surface area contributed by atoms with Crippen LogP contribution in [0.1, 0.15) is 50.7 Å². The van der Waals surface area contributed by atoms with E-state index in [-0.39, 0.29) is 28.0 Å². The summed E-state index contributed by atoms with van der Waals surface area (Å²) in [4.78, 5) is 22.2. The highest BCUT2D eigenvalue weighted by atomic mass is 32.2. The van der Waals surface area contributed by atoms with Gasteiger partial charge in [0.25, 0.3) is 5.91 Å². The van der Waals surface area contributed by atoms with E-state index in [4.69, 9.17) is 0 Å². The maximum absolute atomic E-state index is 14.0. The predicted molar refractivity (Wildman–Crippen MR) is 140 cm³/mol. The minimum atomic E-state index is -4.79. The van der Waals surface area contributed by atoms with Gasteiger partial charge in [-0.1, -0.05) is 6.07 Å². The second-order valence-corrected chi connectivity index (χ2v) is 12.2. The summed E-state index contributed by atoms with van der Waals surface area (Å²) in [6, 6.07) is 5.56. The molecule has 0 radical (unpaired) electrons. The van der Waals surface area contributed by atoms with Crippen LogP contribution >= 0.6 is 23.1 Å². The molecule has 1 aromatic carbocycles. The Bertz CT molecular complexity index is 1470. The highest BCUT2D eigenvalue weighted by molar-refractivity contribution is 7.99. The van der Waals surface area contributed by atoms with E-state index >= 15 is 0 Å². The summed E-state index contributed by atoms with van der Waals surface area (Å²) in [5.74, 6) is -0.335. The molecule has 1 aliphatic carbocycles. The Balaban J connectivity index is 1.38. The lowest BCUT2D eigenvalue weighted by atomic mass is 9.95. The molecule has 4 heterocycles. The Hall–Kier alpha value is -2.84. The summed E-state index contributed by atoms with van der Waals surface area (Å²) >= 11 is 1.85. The molecule has 0 atom stereocenters. The molecule has 3 aromatic rings. The minimum Gasteiger partial charge on any atom is -0.328 e. The number of carbonyl (C=O) groups is 1. The summed E-state index contributed by atoms with van der Waals surface area (Å²) in [5.41, 5.74) is 2.67. The van der Waals surface area contributed by atoms with E-state index in [0.717, 1.165) is 54.4 Å². The lowest BCUT2D eigenvalue weighted by Gasteiger charge is -2.21. The third kappa shape index (κ3) is 5.66. The van der Waals surface area contributed by atoms with Crippen LogP contribution in [0.2, 0.25) is 0 Å². The minimum absolute atomic E-state index is 0.0267. The van der Waals surface area contributed by atoms with E-state index in [0.29, 0.717) is 39.8 Å². The number of hydrogen-bond acceptors (Lipinski definition) is 7. The molecular weight excluding hydrogens is 576 g/mol. The van der Waals surface area contributed by atoms with Crippen molar-refractivity contribution in [3.05, 3.63) is 51.5 Å². The number of fused-ring (bicyclic) bond motifs is 2. The van der Waals surface area contributed by atoms with Crippen molar-refractivity contribution in [2.45, 2.75) is 49.0 Å². The zero-order valence-corrected chi connectivity index (χ0v) is 22.5. The lowest BCUT2D eigenvalue weighted by Crippen LogP contribution is -2.39. The van der Waals surface area contributed by atoms with Crippen LogP contribution in [-0.4, -0.2) is 52.3 Å². The number of benzene rings is 1. The van der Waals surface area contributed by atoms with Crippen molar-refractivity contribution in [3.63, 3.8) is 0 Å². The molecule has 0 unspecified atom stereocenters. The van der Waals surface area contributed by atoms with E-state index < -0.39 is 36.1 Å². The maximum atomic E-state index is 14.0. The fourth-order valence-electron chi connectivity index (χ4n) is 4.98. The smallest absolute Gasteiger partial charge is 0.328 e. The topological polar surface area (TPSA) is 70.1 Å². The number of thioether (sulfide) groups is 1. The van der Waals surface area contributed by atoms with Crippen molar-refractivity contribution >= 4 is 40.6 Å². The first-order valence-corrected chi connectivity index (χ1v) is 14.5. The summed E-state index contributed by atoms with van der Waals surface area (Å²) < 4.78 is 81.1. The molecule has 212 valence electrons. The van der Waals surface area contributed by atoms with Gasteiger partial charge in [0.15, 0.2) is 0 Å². The second kappa shape index (κ2) is 10.2. The van der Waals surface area contributed by atoms with Crippen LogP contribution < -0.4 is 10.6 Å². The largest absolute Gasteiger partial charge is 0.420 e. The highest BCUT2D eigenvalue weighted by Gasteiger charge is 2.39. The number of halogens is 6. The van der Waals surface area contributed by atoms with Gasteiger partial charge in [-0.15, -0.1) is 23.1 Å². The number of thiophene rings is 1. The molecule has 14 heteroatoms. The highest BCUT2D eigenvalue weighted by Crippen LogP contribution is 2.46. The van der Waals surface area contributed by atoms with Gasteiger partial charge in [0.1, 0.15) is 17.0 Å². The molecule has 2 N–H and O–H groups in total. The van der Waals surface area contributed by atoms with Gasteiger partial charge in [0, 0.05) is 35.6 Å². The Kier molecular flexibility index (Phi) is 6.98. The molecule has 40 heavy (non-hydrogen) atoms. The SMILES string of the molecule is O=C1c2sc(-c3nc(Nc4cc5c(cc4C4CC4)CCNC5)ncc3C(F)(F)F)cc2SCCN1CC(F)(F)F. The molecule has 3 aliphatic rings. The van der Waals surface area contributed by atoms with Crippen LogP contribution in [0.4, 0.5) is 38.0 Å². The van der Waals surface area contributed by atoms with E-state index in [1.807, 2.05) is 6.07 Å². The first kappa shape index (κ1) is 27.3. The van der Waals surface area contributed by atoms with Crippen molar-refractivity contribution in [1.82, 2.24) is 20.2 Å². The van der Waals surface area contributed by atoms with Crippen LogP contribution in [0.15, 0.2) is 29.3 Å². The summed E-state index contributed by atoms with van der Waals surface area (Å²) in [6.45, 7) is 0.0312. The van der Waals surface area contributed by atoms with Gasteiger partial charge in [0.2, 0.25) is 5.95 Å². The van der Waals surface area contributed by atoms with Gasteiger partial charge in [-0.25, -0.2) is 9.97 Å². The summed E-state index contributed by atoms with van der Waals surface area (Å²) in [5, 5.41) is 6.45. The van der Waals surface area contributed by atoms with Crippen molar-refractivity contribution in [2.75, 3.05) is 30.7 Å². The van der Waals surface area contributed by atoms with Gasteiger partial charge in [-0.3, -0.25) is 4.79 Å². The van der Waals surface area contributed by atoms with Gasteiger partial charge in [0.05, 0.1) is 10.6 Å². The zero-order chi connectivity index (χ0) is 28.2. The Morgan fingerprint density at radius 3 is 2.62 bits per heavy atom. The van der Waals surface area contributed by atoms with Crippen LogP contribution in [0, 0.1) is 0 Å². The van der Waals surface area contributed by atoms with Crippen LogP contribution in [-0.2, 0) is 19.1 Å². The molecule has 6 rings (SSSR count). The molecule has 1 fully saturated rings. The second-order valence-electron chi connectivity index (χ2n) is 9.98. The number of amides is 1. The van der Waals surface area contributed by atoms with Gasteiger partial charge < -0.3 is 15.5 Å². The van der Waals surface area contributed by atoms with Gasteiger partial charge in [-0.05, 0) is 60.5 Å². The Morgan fingerprint density at radius 1 is 1.10 bits per heavy atom. The van der Waals surface area contributed by atoms with Crippen LogP contribution in [0.5, 0.6) is 0 Å². The number of aromatic nitrogens is 2. The molecular formula is C26H23F6N5OS2. The van der Waals surface area contributed by atoms with E-state index in [2.05, 4.69) is 26.7 Å². The lowest BCUT2D eigenvalue weighted by molar-refractivity contribution is -0.140. The van der Waals surface area contributed by atoms with Crippen molar-refractivity contribution in [1.29, 1.82) is 0 Å². The zero-order valence-electron chi connectivity index (χ0n) is 20.9. The molecule has 2 aromatic heterocycles. The van der Waals surface area contributed by atoms with Gasteiger partial charge in [-0.2, -0.15) is 26.3 Å². The maximum Gasteiger partial charge on any atom is 0.420 e.